The molecule has 1 unspecified atom stereocenters. The lowest BCUT2D eigenvalue weighted by Crippen LogP contribution is -2.41. The molecule has 4 aromatic rings. The van der Waals surface area contributed by atoms with E-state index in [9.17, 15) is 23.1 Å². The highest BCUT2D eigenvalue weighted by molar-refractivity contribution is 5.74. The fraction of sp³-hybridized carbons (Fsp3) is 0.394. The highest BCUT2D eigenvalue weighted by Gasteiger charge is 2.46. The van der Waals surface area contributed by atoms with Gasteiger partial charge in [0.15, 0.2) is 0 Å². The zero-order valence-electron chi connectivity index (χ0n) is 25.8. The molecular formula is C33H36F3N7O3. The number of hydrogen-bond acceptors (Lipinski definition) is 8. The van der Waals surface area contributed by atoms with Crippen molar-refractivity contribution in [1.29, 1.82) is 0 Å². The number of anilines is 2. The number of ether oxygens (including phenoxy) is 1. The van der Waals surface area contributed by atoms with E-state index in [1.54, 1.807) is 31.3 Å². The highest BCUT2D eigenvalue weighted by atomic mass is 19.4. The number of halogens is 3. The van der Waals surface area contributed by atoms with E-state index in [-0.39, 0.29) is 28.5 Å². The van der Waals surface area contributed by atoms with Crippen LogP contribution >= 0.6 is 0 Å². The number of nitrogens with zero attached hydrogens (tertiary/aromatic N) is 5. The van der Waals surface area contributed by atoms with E-state index in [4.69, 9.17) is 10.5 Å². The Kier molecular flexibility index (Phi) is 8.13. The first kappa shape index (κ1) is 31.3. The predicted molar refractivity (Wildman–Crippen MR) is 167 cm³/mol. The molecule has 2 aliphatic heterocycles. The number of hydrogen-bond donors (Lipinski definition) is 3. The molecular weight excluding hydrogens is 599 g/mol. The van der Waals surface area contributed by atoms with Gasteiger partial charge in [0.05, 0.1) is 11.4 Å². The van der Waals surface area contributed by atoms with E-state index in [0.717, 1.165) is 22.3 Å². The molecule has 0 bridgehead atoms. The van der Waals surface area contributed by atoms with Crippen LogP contribution in [0.2, 0.25) is 0 Å². The largest absolute Gasteiger partial charge is 0.480 e. The first-order valence-corrected chi connectivity index (χ1v) is 15.1. The summed E-state index contributed by atoms with van der Waals surface area (Å²) in [6.07, 6.45) is -3.64. The van der Waals surface area contributed by atoms with Gasteiger partial charge in [-0.3, -0.25) is 4.79 Å². The Hall–Kier alpha value is -4.65. The molecule has 13 heteroatoms. The van der Waals surface area contributed by atoms with Crippen molar-refractivity contribution in [3.8, 4) is 22.7 Å². The second-order valence-corrected chi connectivity index (χ2v) is 12.4. The van der Waals surface area contributed by atoms with E-state index in [2.05, 4.69) is 20.4 Å². The smallest absolute Gasteiger partial charge is 0.429 e. The summed E-state index contributed by atoms with van der Waals surface area (Å²) in [5.41, 5.74) is 10.4. The SMILES string of the molecule is Cc1ccn(-c2cc(-c3ccc(C)c(C)c3)ccc2[C@H](Oc2cc(N3CCC4(CC3)CNC(C(=O)O)C4)nc(N)n2)C(F)(F)F)n1. The number of benzene rings is 2. The average Bonchev–Trinajstić information content (AvgIpc) is 3.63. The van der Waals surface area contributed by atoms with Crippen LogP contribution < -0.4 is 20.7 Å². The third-order valence-electron chi connectivity index (χ3n) is 9.17. The second-order valence-electron chi connectivity index (χ2n) is 12.4. The molecule has 6 rings (SSSR count). The standard InChI is InChI=1S/C33H36F3N7O3/c1-19-4-5-22(14-20(19)2)23-6-7-24(26(15-23)43-11-8-21(3)41-43)29(33(34,35)36)46-28-16-27(39-31(37)40-28)42-12-9-32(10-13-42)17-25(30(44)45)38-18-32/h4-8,11,14-16,25,29,38H,9-10,12-13,17-18H2,1-3H3,(H,44,45)(H2,37,39,40)/t25?,29-/m0/s1. The third-order valence-corrected chi connectivity index (χ3v) is 9.17. The maximum absolute atomic E-state index is 14.8. The van der Waals surface area contributed by atoms with Crippen molar-refractivity contribution in [2.24, 2.45) is 5.41 Å². The first-order valence-electron chi connectivity index (χ1n) is 15.1. The van der Waals surface area contributed by atoms with Crippen molar-refractivity contribution >= 4 is 17.7 Å². The molecule has 46 heavy (non-hydrogen) atoms. The Labute approximate surface area is 264 Å². The van der Waals surface area contributed by atoms with Crippen molar-refractivity contribution < 1.29 is 27.8 Å². The van der Waals surface area contributed by atoms with Gasteiger partial charge in [-0.1, -0.05) is 30.3 Å². The van der Waals surface area contributed by atoms with Crippen molar-refractivity contribution in [2.45, 2.75) is 58.4 Å². The second kappa shape index (κ2) is 11.9. The maximum Gasteiger partial charge on any atom is 0.429 e. The zero-order chi connectivity index (χ0) is 32.8. The lowest BCUT2D eigenvalue weighted by atomic mass is 9.76. The molecule has 0 aliphatic carbocycles. The van der Waals surface area contributed by atoms with Gasteiger partial charge in [-0.05, 0) is 79.8 Å². The molecule has 4 N–H and O–H groups in total. The van der Waals surface area contributed by atoms with Crippen molar-refractivity contribution in [3.63, 3.8) is 0 Å². The van der Waals surface area contributed by atoms with Gasteiger partial charge < -0.3 is 25.8 Å². The number of rotatable bonds is 7. The van der Waals surface area contributed by atoms with Gasteiger partial charge in [-0.25, -0.2) is 4.68 Å². The lowest BCUT2D eigenvalue weighted by molar-refractivity contribution is -0.198. The molecule has 1 spiro atoms. The minimum atomic E-state index is -4.81. The fourth-order valence-corrected chi connectivity index (χ4v) is 6.38. The summed E-state index contributed by atoms with van der Waals surface area (Å²) in [4.78, 5) is 21.7. The quantitative estimate of drug-likeness (QED) is 0.239. The summed E-state index contributed by atoms with van der Waals surface area (Å²) in [5, 5.41) is 16.9. The van der Waals surface area contributed by atoms with Gasteiger partial charge >= 0.3 is 12.1 Å². The third kappa shape index (κ3) is 6.37. The molecule has 2 aromatic heterocycles. The fourth-order valence-electron chi connectivity index (χ4n) is 6.38. The molecule has 0 amide bonds. The number of nitrogen functional groups attached to an aromatic ring is 1. The number of piperidine rings is 1. The summed E-state index contributed by atoms with van der Waals surface area (Å²) in [5.74, 6) is -1.03. The Morgan fingerprint density at radius 2 is 1.76 bits per heavy atom. The summed E-state index contributed by atoms with van der Waals surface area (Å²) in [6.45, 7) is 7.43. The Morgan fingerprint density at radius 1 is 1.04 bits per heavy atom. The predicted octanol–water partition coefficient (Wildman–Crippen LogP) is 5.55. The normalized spacial score (nSPS) is 18.6. The number of aliphatic carboxylic acids is 1. The van der Waals surface area contributed by atoms with Gasteiger partial charge in [0.25, 0.3) is 0 Å². The van der Waals surface area contributed by atoms with Crippen LogP contribution in [0.5, 0.6) is 5.88 Å². The van der Waals surface area contributed by atoms with Crippen LogP contribution in [0.25, 0.3) is 16.8 Å². The summed E-state index contributed by atoms with van der Waals surface area (Å²) < 4.78 is 51.6. The van der Waals surface area contributed by atoms with Crippen LogP contribution in [0.4, 0.5) is 24.9 Å². The molecule has 10 nitrogen and oxygen atoms in total. The molecule has 2 fully saturated rings. The van der Waals surface area contributed by atoms with Crippen molar-refractivity contribution in [3.05, 3.63) is 77.1 Å². The van der Waals surface area contributed by atoms with Crippen LogP contribution in [-0.4, -0.2) is 62.7 Å². The average molecular weight is 636 g/mol. The van der Waals surface area contributed by atoms with Crippen LogP contribution in [0.3, 0.4) is 0 Å². The molecule has 0 saturated carbocycles. The zero-order valence-corrected chi connectivity index (χ0v) is 25.8. The lowest BCUT2D eigenvalue weighted by Gasteiger charge is -2.39. The monoisotopic (exact) mass is 635 g/mol. The van der Waals surface area contributed by atoms with E-state index in [1.165, 1.54) is 16.8 Å². The molecule has 2 aliphatic rings. The number of alkyl halides is 3. The molecule has 2 aromatic carbocycles. The van der Waals surface area contributed by atoms with Gasteiger partial charge in [0, 0.05) is 37.5 Å². The number of aryl methyl sites for hydroxylation is 3. The van der Waals surface area contributed by atoms with Gasteiger partial charge in [0.2, 0.25) is 17.9 Å². The van der Waals surface area contributed by atoms with Crippen LogP contribution in [0.1, 0.15) is 47.8 Å². The minimum Gasteiger partial charge on any atom is -0.480 e. The van der Waals surface area contributed by atoms with Crippen molar-refractivity contribution in [1.82, 2.24) is 25.1 Å². The summed E-state index contributed by atoms with van der Waals surface area (Å²) in [6, 6.07) is 13.2. The van der Waals surface area contributed by atoms with Gasteiger partial charge in [-0.2, -0.15) is 28.2 Å². The van der Waals surface area contributed by atoms with E-state index in [1.807, 2.05) is 36.9 Å². The molecule has 242 valence electrons. The molecule has 2 saturated heterocycles. The van der Waals surface area contributed by atoms with Crippen LogP contribution in [0, 0.1) is 26.2 Å². The Morgan fingerprint density at radius 3 is 2.39 bits per heavy atom. The molecule has 2 atom stereocenters. The number of nitrogens with one attached hydrogen (secondary N) is 1. The number of aromatic nitrogens is 4. The summed E-state index contributed by atoms with van der Waals surface area (Å²) in [7, 11) is 0. The number of carboxylic acids is 1. The Balaban J connectivity index is 1.31. The molecule has 0 radical (unpaired) electrons. The maximum atomic E-state index is 14.8. The summed E-state index contributed by atoms with van der Waals surface area (Å²) >= 11 is 0. The highest BCUT2D eigenvalue weighted by Crippen LogP contribution is 2.43. The minimum absolute atomic E-state index is 0.136. The molecule has 4 heterocycles. The number of nitrogens with two attached hydrogens (primary N) is 1. The Bertz CT molecular complexity index is 1770. The van der Waals surface area contributed by atoms with Crippen molar-refractivity contribution in [2.75, 3.05) is 30.3 Å². The van der Waals surface area contributed by atoms with E-state index >= 15 is 0 Å². The number of carboxylic acid groups (broad SMARTS) is 1. The van der Waals surface area contributed by atoms with Gasteiger partial charge in [0.1, 0.15) is 11.9 Å². The van der Waals surface area contributed by atoms with Crippen LogP contribution in [-0.2, 0) is 4.79 Å². The van der Waals surface area contributed by atoms with Gasteiger partial charge in [-0.15, -0.1) is 0 Å². The van der Waals surface area contributed by atoms with E-state index < -0.39 is 24.3 Å². The topological polar surface area (TPSA) is 131 Å². The van der Waals surface area contributed by atoms with E-state index in [0.29, 0.717) is 50.4 Å². The number of carbonyl (C=O) groups is 1. The van der Waals surface area contributed by atoms with Crippen LogP contribution in [0.15, 0.2) is 54.7 Å². The first-order chi connectivity index (χ1) is 21.8.